The third-order valence-corrected chi connectivity index (χ3v) is 3.33. The van der Waals surface area contributed by atoms with Gasteiger partial charge in [0.25, 0.3) is 0 Å². The van der Waals surface area contributed by atoms with Gasteiger partial charge in [0, 0.05) is 24.1 Å². The van der Waals surface area contributed by atoms with Crippen molar-refractivity contribution in [3.05, 3.63) is 65.2 Å². The molecule has 0 spiro atoms. The number of benzene rings is 2. The van der Waals surface area contributed by atoms with Gasteiger partial charge in [0.15, 0.2) is 0 Å². The van der Waals surface area contributed by atoms with Crippen molar-refractivity contribution < 1.29 is 13.5 Å². The summed E-state index contributed by atoms with van der Waals surface area (Å²) in [4.78, 5) is 0. The quantitative estimate of drug-likeness (QED) is 0.852. The van der Waals surface area contributed by atoms with E-state index in [0.29, 0.717) is 17.7 Å². The van der Waals surface area contributed by atoms with E-state index in [9.17, 15) is 8.78 Å². The van der Waals surface area contributed by atoms with Crippen LogP contribution in [0.1, 0.15) is 29.7 Å². The fourth-order valence-corrected chi connectivity index (χ4v) is 2.39. The summed E-state index contributed by atoms with van der Waals surface area (Å²) in [5.74, 6) is -0.251. The Labute approximate surface area is 109 Å². The van der Waals surface area contributed by atoms with Gasteiger partial charge in [-0.1, -0.05) is 18.2 Å². The van der Waals surface area contributed by atoms with Gasteiger partial charge < -0.3 is 10.5 Å². The van der Waals surface area contributed by atoms with Crippen LogP contribution < -0.4 is 10.5 Å². The summed E-state index contributed by atoms with van der Waals surface area (Å²) < 4.78 is 32.2. The van der Waals surface area contributed by atoms with E-state index in [1.165, 1.54) is 24.3 Å². The van der Waals surface area contributed by atoms with Crippen molar-refractivity contribution in [3.63, 3.8) is 0 Å². The van der Waals surface area contributed by atoms with Crippen LogP contribution in [0.25, 0.3) is 0 Å². The van der Waals surface area contributed by atoms with Gasteiger partial charge >= 0.3 is 0 Å². The van der Waals surface area contributed by atoms with Gasteiger partial charge in [-0.05, 0) is 23.8 Å². The SMILES string of the molecule is N[C@@H]1CC(c2cccc(F)c2)Oc2cc(F)ccc21. The van der Waals surface area contributed by atoms with Gasteiger partial charge in [-0.2, -0.15) is 0 Å². The predicted octanol–water partition coefficient (Wildman–Crippen LogP) is 3.49. The molecule has 1 aliphatic heterocycles. The van der Waals surface area contributed by atoms with Crippen LogP contribution in [0.3, 0.4) is 0 Å². The molecule has 0 saturated carbocycles. The summed E-state index contributed by atoms with van der Waals surface area (Å²) in [5.41, 5.74) is 7.57. The number of halogens is 2. The standard InChI is InChI=1S/C15H13F2NO/c16-10-3-1-2-9(6-10)14-8-13(18)12-5-4-11(17)7-15(12)19-14/h1-7,13-14H,8,18H2/t13-,14?/m1/s1. The van der Waals surface area contributed by atoms with Crippen molar-refractivity contribution in [2.24, 2.45) is 5.73 Å². The maximum absolute atomic E-state index is 13.2. The second-order valence-corrected chi connectivity index (χ2v) is 4.69. The molecule has 0 amide bonds. The Morgan fingerprint density at radius 2 is 1.84 bits per heavy atom. The van der Waals surface area contributed by atoms with E-state index in [-0.39, 0.29) is 23.8 Å². The zero-order chi connectivity index (χ0) is 13.4. The molecule has 19 heavy (non-hydrogen) atoms. The summed E-state index contributed by atoms with van der Waals surface area (Å²) in [7, 11) is 0. The van der Waals surface area contributed by atoms with E-state index in [2.05, 4.69) is 0 Å². The Bertz CT molecular complexity index is 615. The molecule has 2 aromatic rings. The van der Waals surface area contributed by atoms with E-state index in [1.54, 1.807) is 18.2 Å². The molecule has 0 fully saturated rings. The Morgan fingerprint density at radius 3 is 2.63 bits per heavy atom. The molecule has 0 aliphatic carbocycles. The van der Waals surface area contributed by atoms with Crippen molar-refractivity contribution in [1.82, 2.24) is 0 Å². The smallest absolute Gasteiger partial charge is 0.127 e. The summed E-state index contributed by atoms with van der Waals surface area (Å²) in [6.45, 7) is 0. The highest BCUT2D eigenvalue weighted by Gasteiger charge is 2.27. The molecule has 0 bridgehead atoms. The van der Waals surface area contributed by atoms with Crippen LogP contribution in [-0.2, 0) is 0 Å². The van der Waals surface area contributed by atoms with Gasteiger partial charge in [-0.25, -0.2) is 8.78 Å². The molecule has 1 aliphatic rings. The second kappa shape index (κ2) is 4.63. The first kappa shape index (κ1) is 12.1. The molecule has 0 radical (unpaired) electrons. The fourth-order valence-electron chi connectivity index (χ4n) is 2.39. The number of nitrogens with two attached hydrogens (primary N) is 1. The first-order valence-electron chi connectivity index (χ1n) is 6.10. The van der Waals surface area contributed by atoms with Crippen LogP contribution >= 0.6 is 0 Å². The molecular formula is C15H13F2NO. The summed E-state index contributed by atoms with van der Waals surface area (Å²) in [6, 6.07) is 10.3. The minimum absolute atomic E-state index is 0.238. The molecule has 98 valence electrons. The van der Waals surface area contributed by atoms with Gasteiger partial charge in [0.1, 0.15) is 23.5 Å². The lowest BCUT2D eigenvalue weighted by Gasteiger charge is -2.30. The first-order valence-corrected chi connectivity index (χ1v) is 6.10. The van der Waals surface area contributed by atoms with Crippen molar-refractivity contribution in [3.8, 4) is 5.75 Å². The van der Waals surface area contributed by atoms with E-state index in [1.807, 2.05) is 0 Å². The molecule has 2 N–H and O–H groups in total. The van der Waals surface area contributed by atoms with Crippen LogP contribution in [-0.4, -0.2) is 0 Å². The summed E-state index contributed by atoms with van der Waals surface area (Å²) in [5, 5.41) is 0. The Morgan fingerprint density at radius 1 is 1.05 bits per heavy atom. The molecule has 4 heteroatoms. The van der Waals surface area contributed by atoms with Gasteiger partial charge in [-0.15, -0.1) is 0 Å². The molecule has 2 aromatic carbocycles. The highest BCUT2D eigenvalue weighted by molar-refractivity contribution is 5.39. The fraction of sp³-hybridized carbons (Fsp3) is 0.200. The average molecular weight is 261 g/mol. The molecule has 3 rings (SSSR count). The van der Waals surface area contributed by atoms with E-state index < -0.39 is 0 Å². The molecule has 1 unspecified atom stereocenters. The Balaban J connectivity index is 1.96. The average Bonchev–Trinajstić information content (AvgIpc) is 2.38. The molecular weight excluding hydrogens is 248 g/mol. The number of ether oxygens (including phenoxy) is 1. The maximum Gasteiger partial charge on any atom is 0.127 e. The molecule has 0 aromatic heterocycles. The number of fused-ring (bicyclic) bond motifs is 1. The van der Waals surface area contributed by atoms with Gasteiger partial charge in [0.2, 0.25) is 0 Å². The van der Waals surface area contributed by atoms with Crippen LogP contribution in [0, 0.1) is 11.6 Å². The topological polar surface area (TPSA) is 35.2 Å². The normalized spacial score (nSPS) is 21.6. The zero-order valence-corrected chi connectivity index (χ0v) is 10.1. The Hall–Kier alpha value is -1.94. The highest BCUT2D eigenvalue weighted by atomic mass is 19.1. The number of rotatable bonds is 1. The lowest BCUT2D eigenvalue weighted by Crippen LogP contribution is -2.24. The van der Waals surface area contributed by atoms with Crippen LogP contribution in [0.2, 0.25) is 0 Å². The largest absolute Gasteiger partial charge is 0.485 e. The van der Waals surface area contributed by atoms with Crippen LogP contribution in [0.5, 0.6) is 5.75 Å². The minimum atomic E-state index is -0.370. The lowest BCUT2D eigenvalue weighted by molar-refractivity contribution is 0.160. The van der Waals surface area contributed by atoms with E-state index in [0.717, 1.165) is 5.56 Å². The molecule has 1 heterocycles. The van der Waals surface area contributed by atoms with Crippen molar-refractivity contribution in [1.29, 1.82) is 0 Å². The van der Waals surface area contributed by atoms with Gasteiger partial charge in [-0.3, -0.25) is 0 Å². The van der Waals surface area contributed by atoms with Crippen molar-refractivity contribution >= 4 is 0 Å². The third-order valence-electron chi connectivity index (χ3n) is 3.33. The second-order valence-electron chi connectivity index (χ2n) is 4.69. The predicted molar refractivity (Wildman–Crippen MR) is 67.7 cm³/mol. The van der Waals surface area contributed by atoms with Crippen molar-refractivity contribution in [2.45, 2.75) is 18.6 Å². The van der Waals surface area contributed by atoms with Gasteiger partial charge in [0.05, 0.1) is 0 Å². The summed E-state index contributed by atoms with van der Waals surface area (Å²) >= 11 is 0. The molecule has 2 nitrogen and oxygen atoms in total. The Kier molecular flexibility index (Phi) is 2.95. The van der Waals surface area contributed by atoms with E-state index in [4.69, 9.17) is 10.5 Å². The third kappa shape index (κ3) is 2.31. The first-order chi connectivity index (χ1) is 9.13. The lowest BCUT2D eigenvalue weighted by atomic mass is 9.93. The number of hydrogen-bond acceptors (Lipinski definition) is 2. The van der Waals surface area contributed by atoms with Crippen LogP contribution in [0.4, 0.5) is 8.78 Å². The minimum Gasteiger partial charge on any atom is -0.485 e. The maximum atomic E-state index is 13.2. The molecule has 2 atom stereocenters. The van der Waals surface area contributed by atoms with E-state index >= 15 is 0 Å². The van der Waals surface area contributed by atoms with Crippen LogP contribution in [0.15, 0.2) is 42.5 Å². The zero-order valence-electron chi connectivity index (χ0n) is 10.1. The summed E-state index contributed by atoms with van der Waals surface area (Å²) in [6.07, 6.45) is 0.197. The highest BCUT2D eigenvalue weighted by Crippen LogP contribution is 2.39. The molecule has 0 saturated heterocycles. The number of hydrogen-bond donors (Lipinski definition) is 1. The van der Waals surface area contributed by atoms with Crippen molar-refractivity contribution in [2.75, 3.05) is 0 Å². The monoisotopic (exact) mass is 261 g/mol.